The van der Waals surface area contributed by atoms with Gasteiger partial charge in [-0.1, -0.05) is 42.1 Å². The minimum Gasteiger partial charge on any atom is -0.356 e. The smallest absolute Gasteiger partial charge is 0.230 e. The molecule has 0 aliphatic heterocycles. The Morgan fingerprint density at radius 2 is 2.11 bits per heavy atom. The van der Waals surface area contributed by atoms with Gasteiger partial charge in [0, 0.05) is 13.6 Å². The first-order chi connectivity index (χ1) is 9.22. The Morgan fingerprint density at radius 3 is 2.79 bits per heavy atom. The topological polar surface area (TPSA) is 46.9 Å². The first-order valence-electron chi connectivity index (χ1n) is 6.19. The number of rotatable bonds is 5. The Labute approximate surface area is 117 Å². The molecule has 1 heterocycles. The molecule has 0 unspecified atom stereocenters. The first-order valence-corrected chi connectivity index (χ1v) is 7.17. The van der Waals surface area contributed by atoms with Gasteiger partial charge in [0.1, 0.15) is 0 Å². The van der Waals surface area contributed by atoms with E-state index in [0.717, 1.165) is 16.4 Å². The Kier molecular flexibility index (Phi) is 4.63. The quantitative estimate of drug-likeness (QED) is 0.852. The van der Waals surface area contributed by atoms with Gasteiger partial charge in [-0.05, 0) is 12.5 Å². The zero-order chi connectivity index (χ0) is 13.7. The second-order valence-electron chi connectivity index (χ2n) is 4.09. The molecule has 0 bridgehead atoms. The lowest BCUT2D eigenvalue weighted by Crippen LogP contribution is -2.24. The zero-order valence-electron chi connectivity index (χ0n) is 11.1. The highest BCUT2D eigenvalue weighted by molar-refractivity contribution is 7.99. The number of amides is 1. The maximum Gasteiger partial charge on any atom is 0.230 e. The molecule has 0 aliphatic carbocycles. The summed E-state index contributed by atoms with van der Waals surface area (Å²) in [5.41, 5.74) is 2.18. The van der Waals surface area contributed by atoms with Gasteiger partial charge in [-0.3, -0.25) is 4.79 Å². The van der Waals surface area contributed by atoms with Gasteiger partial charge in [-0.15, -0.1) is 0 Å². The molecule has 19 heavy (non-hydrogen) atoms. The number of nitrogens with one attached hydrogen (secondary N) is 1. The molecule has 5 heteroatoms. The monoisotopic (exact) mass is 275 g/mol. The molecule has 0 spiro atoms. The zero-order valence-corrected chi connectivity index (χ0v) is 11.9. The number of carbonyl (C=O) groups is 1. The summed E-state index contributed by atoms with van der Waals surface area (Å²) < 4.78 is 2.01. The normalized spacial score (nSPS) is 10.4. The van der Waals surface area contributed by atoms with Crippen molar-refractivity contribution in [2.75, 3.05) is 12.3 Å². The maximum atomic E-state index is 11.4. The van der Waals surface area contributed by atoms with Crippen molar-refractivity contribution in [3.8, 4) is 11.3 Å². The van der Waals surface area contributed by atoms with Crippen molar-refractivity contribution in [1.29, 1.82) is 0 Å². The van der Waals surface area contributed by atoms with Gasteiger partial charge in [0.25, 0.3) is 0 Å². The summed E-state index contributed by atoms with van der Waals surface area (Å²) in [7, 11) is 1.97. The van der Waals surface area contributed by atoms with Gasteiger partial charge in [-0.25, -0.2) is 4.98 Å². The number of aromatic nitrogens is 2. The Balaban J connectivity index is 2.09. The van der Waals surface area contributed by atoms with E-state index in [4.69, 9.17) is 0 Å². The molecule has 1 aromatic carbocycles. The molecule has 4 nitrogen and oxygen atoms in total. The van der Waals surface area contributed by atoms with E-state index in [2.05, 4.69) is 22.4 Å². The van der Waals surface area contributed by atoms with E-state index < -0.39 is 0 Å². The molecule has 100 valence electrons. The summed E-state index contributed by atoms with van der Waals surface area (Å²) in [6, 6.07) is 10.1. The van der Waals surface area contributed by atoms with E-state index in [-0.39, 0.29) is 5.91 Å². The Bertz CT molecular complexity index is 551. The third kappa shape index (κ3) is 3.38. The Morgan fingerprint density at radius 1 is 1.37 bits per heavy atom. The van der Waals surface area contributed by atoms with E-state index in [0.29, 0.717) is 12.3 Å². The van der Waals surface area contributed by atoms with Crippen molar-refractivity contribution >= 4 is 17.7 Å². The van der Waals surface area contributed by atoms with Crippen LogP contribution in [0.4, 0.5) is 0 Å². The number of imidazole rings is 1. The largest absolute Gasteiger partial charge is 0.356 e. The Hall–Kier alpha value is -1.75. The average Bonchev–Trinajstić information content (AvgIpc) is 2.79. The predicted molar refractivity (Wildman–Crippen MR) is 78.1 cm³/mol. The highest BCUT2D eigenvalue weighted by Crippen LogP contribution is 2.24. The fourth-order valence-corrected chi connectivity index (χ4v) is 2.56. The van der Waals surface area contributed by atoms with E-state index in [1.54, 1.807) is 0 Å². The van der Waals surface area contributed by atoms with E-state index in [1.807, 2.05) is 42.9 Å². The molecule has 2 aromatic rings. The molecule has 0 saturated carbocycles. The standard InChI is InChI=1S/C14H17N3OS/c1-3-15-13(18)10-19-14-16-9-12(17(14)2)11-7-5-4-6-8-11/h4-9H,3,10H2,1-2H3,(H,15,18). The number of hydrogen-bond acceptors (Lipinski definition) is 3. The van der Waals surface area contributed by atoms with Crippen LogP contribution in [0.1, 0.15) is 6.92 Å². The summed E-state index contributed by atoms with van der Waals surface area (Å²) >= 11 is 1.45. The van der Waals surface area contributed by atoms with Gasteiger partial charge < -0.3 is 9.88 Å². The minimum absolute atomic E-state index is 0.0387. The summed E-state index contributed by atoms with van der Waals surface area (Å²) in [6.45, 7) is 2.58. The highest BCUT2D eigenvalue weighted by Gasteiger charge is 2.10. The van der Waals surface area contributed by atoms with Crippen molar-refractivity contribution in [3.05, 3.63) is 36.5 Å². The van der Waals surface area contributed by atoms with Crippen molar-refractivity contribution in [2.45, 2.75) is 12.1 Å². The second-order valence-corrected chi connectivity index (χ2v) is 5.04. The van der Waals surface area contributed by atoms with Crippen LogP contribution in [0.25, 0.3) is 11.3 Å². The van der Waals surface area contributed by atoms with E-state index in [1.165, 1.54) is 11.8 Å². The third-order valence-electron chi connectivity index (χ3n) is 2.72. The van der Waals surface area contributed by atoms with Crippen LogP contribution < -0.4 is 5.32 Å². The van der Waals surface area contributed by atoms with Crippen LogP contribution in [0.15, 0.2) is 41.7 Å². The molecule has 1 N–H and O–H groups in total. The number of carbonyl (C=O) groups excluding carboxylic acids is 1. The lowest BCUT2D eigenvalue weighted by Gasteiger charge is -2.05. The van der Waals surface area contributed by atoms with Crippen molar-refractivity contribution < 1.29 is 4.79 Å². The lowest BCUT2D eigenvalue weighted by molar-refractivity contribution is -0.118. The number of hydrogen-bond donors (Lipinski definition) is 1. The number of benzene rings is 1. The van der Waals surface area contributed by atoms with Crippen LogP contribution in [0.2, 0.25) is 0 Å². The van der Waals surface area contributed by atoms with E-state index in [9.17, 15) is 4.79 Å². The van der Waals surface area contributed by atoms with Crippen molar-refractivity contribution in [3.63, 3.8) is 0 Å². The van der Waals surface area contributed by atoms with Gasteiger partial charge in [0.05, 0.1) is 17.6 Å². The predicted octanol–water partition coefficient (Wildman–Crippen LogP) is 2.32. The molecular formula is C14H17N3OS. The molecule has 0 atom stereocenters. The van der Waals surface area contributed by atoms with Gasteiger partial charge >= 0.3 is 0 Å². The maximum absolute atomic E-state index is 11.4. The molecule has 0 aliphatic rings. The van der Waals surface area contributed by atoms with Crippen LogP contribution >= 0.6 is 11.8 Å². The van der Waals surface area contributed by atoms with E-state index >= 15 is 0 Å². The molecule has 0 saturated heterocycles. The number of nitrogens with zero attached hydrogens (tertiary/aromatic N) is 2. The van der Waals surface area contributed by atoms with Crippen LogP contribution in [0, 0.1) is 0 Å². The summed E-state index contributed by atoms with van der Waals surface area (Å²) in [5.74, 6) is 0.434. The molecule has 2 rings (SSSR count). The molecule has 1 amide bonds. The summed E-state index contributed by atoms with van der Waals surface area (Å²) in [6.07, 6.45) is 1.84. The van der Waals surface area contributed by atoms with Crippen molar-refractivity contribution in [1.82, 2.24) is 14.9 Å². The molecule has 0 fully saturated rings. The SMILES string of the molecule is CCNC(=O)CSc1ncc(-c2ccccc2)n1C. The van der Waals surface area contributed by atoms with Crippen LogP contribution in [0.3, 0.4) is 0 Å². The molecule has 1 aromatic heterocycles. The van der Waals surface area contributed by atoms with Crippen LogP contribution in [0.5, 0.6) is 0 Å². The molecule has 0 radical (unpaired) electrons. The average molecular weight is 275 g/mol. The highest BCUT2D eigenvalue weighted by atomic mass is 32.2. The van der Waals surface area contributed by atoms with Gasteiger partial charge in [0.15, 0.2) is 5.16 Å². The summed E-state index contributed by atoms with van der Waals surface area (Å²) in [4.78, 5) is 15.8. The van der Waals surface area contributed by atoms with Gasteiger partial charge in [-0.2, -0.15) is 0 Å². The van der Waals surface area contributed by atoms with Crippen LogP contribution in [-0.4, -0.2) is 27.8 Å². The second kappa shape index (κ2) is 6.43. The van der Waals surface area contributed by atoms with Crippen molar-refractivity contribution in [2.24, 2.45) is 7.05 Å². The van der Waals surface area contributed by atoms with Gasteiger partial charge in [0.2, 0.25) is 5.91 Å². The van der Waals surface area contributed by atoms with Crippen LogP contribution in [-0.2, 0) is 11.8 Å². The fraction of sp³-hybridized carbons (Fsp3) is 0.286. The minimum atomic E-state index is 0.0387. The summed E-state index contributed by atoms with van der Waals surface area (Å²) in [5, 5.41) is 3.63. The first kappa shape index (κ1) is 13.7. The molecular weight excluding hydrogens is 258 g/mol. The lowest BCUT2D eigenvalue weighted by atomic mass is 10.2. The fourth-order valence-electron chi connectivity index (χ4n) is 1.78. The number of thioether (sulfide) groups is 1. The third-order valence-corrected chi connectivity index (χ3v) is 3.77.